The maximum absolute atomic E-state index is 12.4. The highest BCUT2D eigenvalue weighted by molar-refractivity contribution is 6.01. The minimum atomic E-state index is -4.39. The van der Waals surface area contributed by atoms with E-state index in [0.29, 0.717) is 11.4 Å². The molecule has 0 unspecified atom stereocenters. The van der Waals surface area contributed by atoms with E-state index in [-0.39, 0.29) is 0 Å². The Balaban J connectivity index is 1.98. The van der Waals surface area contributed by atoms with Gasteiger partial charge in [0.1, 0.15) is 0 Å². The molecule has 0 spiro atoms. The predicted molar refractivity (Wildman–Crippen MR) is 80.0 cm³/mol. The van der Waals surface area contributed by atoms with Crippen molar-refractivity contribution in [3.8, 4) is 0 Å². The number of amides is 1. The second-order valence-corrected chi connectivity index (χ2v) is 4.56. The van der Waals surface area contributed by atoms with E-state index in [2.05, 4.69) is 5.32 Å². The molecule has 0 heterocycles. The fourth-order valence-corrected chi connectivity index (χ4v) is 1.71. The van der Waals surface area contributed by atoms with E-state index >= 15 is 0 Å². The summed E-state index contributed by atoms with van der Waals surface area (Å²) < 4.78 is 37.2. The molecule has 0 aliphatic rings. The summed E-state index contributed by atoms with van der Waals surface area (Å²) in [7, 11) is 0. The summed E-state index contributed by atoms with van der Waals surface area (Å²) in [5, 5.41) is 2.48. The van der Waals surface area contributed by atoms with Gasteiger partial charge in [-0.05, 0) is 48.0 Å². The predicted octanol–water partition coefficient (Wildman–Crippen LogP) is 3.94. The van der Waals surface area contributed by atoms with Crippen molar-refractivity contribution in [2.24, 2.45) is 0 Å². The highest BCUT2D eigenvalue weighted by Gasteiger charge is 2.29. The molecule has 0 saturated heterocycles. The molecule has 22 heavy (non-hydrogen) atoms. The summed E-state index contributed by atoms with van der Waals surface area (Å²) in [6, 6.07) is 11.1. The normalized spacial score (nSPS) is 11.6. The maximum atomic E-state index is 12.4. The van der Waals surface area contributed by atoms with Gasteiger partial charge >= 0.3 is 6.18 Å². The van der Waals surface area contributed by atoms with E-state index in [0.717, 1.165) is 17.7 Å². The molecular formula is C16H13F3N2O. The molecule has 2 aromatic rings. The number of alkyl halides is 3. The van der Waals surface area contributed by atoms with Gasteiger partial charge in [-0.3, -0.25) is 4.79 Å². The molecular weight excluding hydrogens is 293 g/mol. The van der Waals surface area contributed by atoms with Crippen LogP contribution < -0.4 is 11.1 Å². The average molecular weight is 306 g/mol. The van der Waals surface area contributed by atoms with Gasteiger partial charge in [-0.15, -0.1) is 0 Å². The number of nitrogens with two attached hydrogens (primary N) is 1. The molecule has 1 amide bonds. The number of anilines is 2. The Hall–Kier alpha value is -2.76. The van der Waals surface area contributed by atoms with Crippen molar-refractivity contribution in [1.29, 1.82) is 0 Å². The van der Waals surface area contributed by atoms with Gasteiger partial charge < -0.3 is 11.1 Å². The summed E-state index contributed by atoms with van der Waals surface area (Å²) in [6.45, 7) is 0. The molecule has 2 aromatic carbocycles. The smallest absolute Gasteiger partial charge is 0.399 e. The summed E-state index contributed by atoms with van der Waals surface area (Å²) in [5.74, 6) is -0.434. The molecule has 114 valence electrons. The molecule has 0 bridgehead atoms. The lowest BCUT2D eigenvalue weighted by atomic mass is 10.2. The van der Waals surface area contributed by atoms with Crippen LogP contribution in [0.1, 0.15) is 11.1 Å². The van der Waals surface area contributed by atoms with Gasteiger partial charge in [-0.1, -0.05) is 12.1 Å². The van der Waals surface area contributed by atoms with Crippen molar-refractivity contribution in [3.05, 3.63) is 65.7 Å². The number of benzene rings is 2. The molecule has 0 radical (unpaired) electrons. The molecule has 2 rings (SSSR count). The van der Waals surface area contributed by atoms with Crippen molar-refractivity contribution in [3.63, 3.8) is 0 Å². The Kier molecular flexibility index (Phi) is 4.50. The number of nitrogens with one attached hydrogen (secondary N) is 1. The van der Waals surface area contributed by atoms with Gasteiger partial charge in [-0.2, -0.15) is 13.2 Å². The molecule has 0 aromatic heterocycles. The number of hydrogen-bond donors (Lipinski definition) is 2. The van der Waals surface area contributed by atoms with Crippen LogP contribution in [0.25, 0.3) is 6.08 Å². The molecule has 3 N–H and O–H groups in total. The lowest BCUT2D eigenvalue weighted by Crippen LogP contribution is -2.09. The van der Waals surface area contributed by atoms with Gasteiger partial charge in [0, 0.05) is 17.5 Å². The molecule has 0 saturated carbocycles. The number of carbonyl (C=O) groups is 1. The first-order chi connectivity index (χ1) is 10.3. The third-order valence-electron chi connectivity index (χ3n) is 2.84. The summed E-state index contributed by atoms with van der Waals surface area (Å²) in [6.07, 6.45) is -1.51. The van der Waals surface area contributed by atoms with Crippen molar-refractivity contribution < 1.29 is 18.0 Å². The Labute approximate surface area is 125 Å². The summed E-state index contributed by atoms with van der Waals surface area (Å²) >= 11 is 0. The van der Waals surface area contributed by atoms with E-state index in [1.807, 2.05) is 0 Å². The summed E-state index contributed by atoms with van der Waals surface area (Å²) in [5.41, 5.74) is 6.48. The first kappa shape index (κ1) is 15.6. The zero-order chi connectivity index (χ0) is 16.2. The van der Waals surface area contributed by atoms with E-state index in [4.69, 9.17) is 5.73 Å². The highest BCUT2D eigenvalue weighted by atomic mass is 19.4. The average Bonchev–Trinajstić information content (AvgIpc) is 2.46. The van der Waals surface area contributed by atoms with E-state index < -0.39 is 17.6 Å². The van der Waals surface area contributed by atoms with Crippen molar-refractivity contribution >= 4 is 23.4 Å². The Morgan fingerprint density at radius 2 is 1.59 bits per heavy atom. The number of nitrogen functional groups attached to an aromatic ring is 1. The van der Waals surface area contributed by atoms with Gasteiger partial charge in [0.2, 0.25) is 5.91 Å². The van der Waals surface area contributed by atoms with Crippen LogP contribution in [0, 0.1) is 0 Å². The molecule has 0 aliphatic heterocycles. The first-order valence-electron chi connectivity index (χ1n) is 6.36. The zero-order valence-corrected chi connectivity index (χ0v) is 11.4. The van der Waals surface area contributed by atoms with Crippen LogP contribution in [0.5, 0.6) is 0 Å². The largest absolute Gasteiger partial charge is 0.416 e. The van der Waals surface area contributed by atoms with Crippen LogP contribution in [0.15, 0.2) is 54.6 Å². The topological polar surface area (TPSA) is 55.1 Å². The minimum absolute atomic E-state index is 0.292. The molecule has 0 fully saturated rings. The summed E-state index contributed by atoms with van der Waals surface area (Å²) in [4.78, 5) is 11.7. The van der Waals surface area contributed by atoms with Crippen LogP contribution in [-0.4, -0.2) is 5.91 Å². The lowest BCUT2D eigenvalue weighted by Gasteiger charge is -2.07. The van der Waals surface area contributed by atoms with Gasteiger partial charge in [0.25, 0.3) is 0 Å². The highest BCUT2D eigenvalue weighted by Crippen LogP contribution is 2.29. The number of carbonyl (C=O) groups excluding carboxylic acids is 1. The van der Waals surface area contributed by atoms with Crippen LogP contribution in [0.4, 0.5) is 24.5 Å². The number of rotatable bonds is 3. The lowest BCUT2D eigenvalue weighted by molar-refractivity contribution is -0.137. The quantitative estimate of drug-likeness (QED) is 0.666. The van der Waals surface area contributed by atoms with Crippen molar-refractivity contribution in [1.82, 2.24) is 0 Å². The Morgan fingerprint density at radius 3 is 2.14 bits per heavy atom. The fraction of sp³-hybridized carbons (Fsp3) is 0.0625. The Morgan fingerprint density at radius 1 is 1.00 bits per heavy atom. The zero-order valence-electron chi connectivity index (χ0n) is 11.4. The Bertz CT molecular complexity index is 674. The van der Waals surface area contributed by atoms with E-state index in [1.54, 1.807) is 30.3 Å². The van der Waals surface area contributed by atoms with Gasteiger partial charge in [0.05, 0.1) is 5.56 Å². The van der Waals surface area contributed by atoms with E-state index in [1.165, 1.54) is 18.2 Å². The second-order valence-electron chi connectivity index (χ2n) is 4.56. The van der Waals surface area contributed by atoms with Gasteiger partial charge in [0.15, 0.2) is 0 Å². The van der Waals surface area contributed by atoms with Crippen LogP contribution in [0.3, 0.4) is 0 Å². The third-order valence-corrected chi connectivity index (χ3v) is 2.84. The molecule has 6 heteroatoms. The number of hydrogen-bond acceptors (Lipinski definition) is 2. The van der Waals surface area contributed by atoms with Crippen molar-refractivity contribution in [2.75, 3.05) is 11.1 Å². The first-order valence-corrected chi connectivity index (χ1v) is 6.36. The van der Waals surface area contributed by atoms with Crippen LogP contribution in [0.2, 0.25) is 0 Å². The van der Waals surface area contributed by atoms with Crippen LogP contribution in [-0.2, 0) is 11.0 Å². The molecule has 0 aliphatic carbocycles. The molecule has 3 nitrogen and oxygen atoms in total. The monoisotopic (exact) mass is 306 g/mol. The van der Waals surface area contributed by atoms with E-state index in [9.17, 15) is 18.0 Å². The van der Waals surface area contributed by atoms with Crippen molar-refractivity contribution in [2.45, 2.75) is 6.18 Å². The maximum Gasteiger partial charge on any atom is 0.416 e. The molecule has 0 atom stereocenters. The minimum Gasteiger partial charge on any atom is -0.399 e. The third kappa shape index (κ3) is 4.37. The van der Waals surface area contributed by atoms with Crippen LogP contribution >= 0.6 is 0 Å². The SMILES string of the molecule is Nc1ccc(/C=C/C(=O)Nc2ccc(C(F)(F)F)cc2)cc1. The second kappa shape index (κ2) is 6.34. The standard InChI is InChI=1S/C16H13F3N2O/c17-16(18,19)12-4-8-14(9-5-12)21-15(22)10-3-11-1-6-13(20)7-2-11/h1-10H,20H2,(H,21,22)/b10-3+. The van der Waals surface area contributed by atoms with Gasteiger partial charge in [-0.25, -0.2) is 0 Å². The fourth-order valence-electron chi connectivity index (χ4n) is 1.71. The number of halogens is 3.